The molecule has 3 heterocycles. The number of aryl methyl sites for hydroxylation is 1. The van der Waals surface area contributed by atoms with Crippen molar-refractivity contribution in [3.63, 3.8) is 0 Å². The van der Waals surface area contributed by atoms with E-state index in [9.17, 15) is 29.9 Å². The third-order valence-corrected chi connectivity index (χ3v) is 6.04. The van der Waals surface area contributed by atoms with E-state index in [1.807, 2.05) is 4.57 Å². The summed E-state index contributed by atoms with van der Waals surface area (Å²) in [5, 5.41) is 33.3. The van der Waals surface area contributed by atoms with Crippen LogP contribution in [0, 0.1) is 10.1 Å². The molecule has 5 rings (SSSR count). The normalized spacial score (nSPS) is 14.1. The zero-order valence-electron chi connectivity index (χ0n) is 19.2. The number of hydrogen-bond donors (Lipinski definition) is 6. The molecule has 0 aliphatic carbocycles. The van der Waals surface area contributed by atoms with Gasteiger partial charge in [0.1, 0.15) is 11.5 Å². The number of hydrazine groups is 1. The van der Waals surface area contributed by atoms with Crippen molar-refractivity contribution in [3.8, 4) is 11.5 Å². The largest absolute Gasteiger partial charge is 0.508 e. The molecule has 188 valence electrons. The zero-order valence-corrected chi connectivity index (χ0v) is 19.2. The van der Waals surface area contributed by atoms with E-state index < -0.39 is 16.8 Å². The van der Waals surface area contributed by atoms with Gasteiger partial charge in [-0.15, -0.1) is 0 Å². The van der Waals surface area contributed by atoms with Gasteiger partial charge in [-0.1, -0.05) is 5.43 Å². The van der Waals surface area contributed by atoms with Gasteiger partial charge in [-0.25, -0.2) is 15.1 Å². The number of fused-ring (bicyclic) bond motifs is 2. The molecule has 0 saturated heterocycles. The quantitative estimate of drug-likeness (QED) is 0.0545. The molecule has 0 spiro atoms. The number of H-pyrrole nitrogens is 1. The number of amides is 2. The Morgan fingerprint density at radius 1 is 1.05 bits per heavy atom. The van der Waals surface area contributed by atoms with Crippen LogP contribution >= 0.6 is 0 Å². The minimum atomic E-state index is -0.800. The van der Waals surface area contributed by atoms with Gasteiger partial charge in [0.25, 0.3) is 17.8 Å². The van der Waals surface area contributed by atoms with E-state index in [0.717, 1.165) is 0 Å². The molecule has 0 unspecified atom stereocenters. The fraction of sp³-hybridized carbons (Fsp3) is 0.125. The summed E-state index contributed by atoms with van der Waals surface area (Å²) in [5.41, 5.74) is 9.78. The number of rotatable bonds is 7. The lowest BCUT2D eigenvalue weighted by Gasteiger charge is -2.04. The first-order valence-electron chi connectivity index (χ1n) is 11.2. The maximum absolute atomic E-state index is 13.0. The smallest absolute Gasteiger partial charge is 0.259 e. The molecular weight excluding hydrogens is 482 g/mol. The third kappa shape index (κ3) is 4.29. The van der Waals surface area contributed by atoms with Crippen LogP contribution in [0.25, 0.3) is 33.0 Å². The Morgan fingerprint density at radius 3 is 2.46 bits per heavy atom. The Labute approximate surface area is 208 Å². The van der Waals surface area contributed by atoms with Crippen LogP contribution in [0.2, 0.25) is 0 Å². The highest BCUT2D eigenvalue weighted by Gasteiger charge is 2.35. The van der Waals surface area contributed by atoms with Crippen LogP contribution in [0.15, 0.2) is 53.8 Å². The number of carbonyl (C=O) groups is 2. The number of aliphatic imine (C=N–C) groups is 1. The van der Waals surface area contributed by atoms with E-state index in [1.165, 1.54) is 24.3 Å². The van der Waals surface area contributed by atoms with Crippen molar-refractivity contribution in [3.05, 3.63) is 70.0 Å². The number of nitrogens with two attached hydrogens (primary N) is 1. The molecule has 13 nitrogen and oxygen atoms in total. The van der Waals surface area contributed by atoms with Crippen molar-refractivity contribution in [2.75, 3.05) is 6.54 Å². The van der Waals surface area contributed by atoms with Crippen molar-refractivity contribution in [2.45, 2.75) is 13.0 Å². The highest BCUT2D eigenvalue weighted by molar-refractivity contribution is 6.50. The van der Waals surface area contributed by atoms with E-state index in [-0.39, 0.29) is 35.1 Å². The molecule has 2 amide bonds. The average molecular weight is 503 g/mol. The van der Waals surface area contributed by atoms with Gasteiger partial charge in [-0.05, 0) is 42.8 Å². The van der Waals surface area contributed by atoms with Gasteiger partial charge in [0.2, 0.25) is 0 Å². The maximum Gasteiger partial charge on any atom is 0.259 e. The summed E-state index contributed by atoms with van der Waals surface area (Å²) in [6.07, 6.45) is 3.78. The number of guanidine groups is 1. The molecule has 4 aromatic rings. The SMILES string of the molecule is NC(=NCCCn1cc(C2=C(c3c[nH]c4ccc(O)cc34)C(=O)NC2=O)c2cc(O)ccc21)N[N+](=O)[O-]. The highest BCUT2D eigenvalue weighted by atomic mass is 16.7. The molecule has 37 heavy (non-hydrogen) atoms. The van der Waals surface area contributed by atoms with Crippen LogP contribution in [-0.4, -0.2) is 49.1 Å². The number of phenols is 2. The van der Waals surface area contributed by atoms with Gasteiger partial charge >= 0.3 is 0 Å². The fourth-order valence-corrected chi connectivity index (χ4v) is 4.52. The van der Waals surface area contributed by atoms with Crippen molar-refractivity contribution in [1.29, 1.82) is 0 Å². The number of nitro groups is 1. The van der Waals surface area contributed by atoms with Crippen LogP contribution in [0.1, 0.15) is 17.5 Å². The molecule has 2 aromatic carbocycles. The van der Waals surface area contributed by atoms with Crippen molar-refractivity contribution < 1.29 is 24.8 Å². The van der Waals surface area contributed by atoms with Gasteiger partial charge in [0.15, 0.2) is 5.03 Å². The summed E-state index contributed by atoms with van der Waals surface area (Å²) in [7, 11) is 0. The first-order valence-corrected chi connectivity index (χ1v) is 11.2. The molecular formula is C24H21N7O6. The minimum absolute atomic E-state index is 0.0125. The summed E-state index contributed by atoms with van der Waals surface area (Å²) in [5.74, 6) is -1.47. The average Bonchev–Trinajstić information content (AvgIpc) is 3.48. The number of aromatic hydroxyl groups is 2. The number of nitrogens with one attached hydrogen (secondary N) is 3. The predicted octanol–water partition coefficient (Wildman–Crippen LogP) is 1.59. The Kier molecular flexibility index (Phi) is 5.72. The van der Waals surface area contributed by atoms with E-state index in [1.54, 1.807) is 30.0 Å². The summed E-state index contributed by atoms with van der Waals surface area (Å²) in [6, 6.07) is 9.41. The Hall–Kier alpha value is -5.33. The summed E-state index contributed by atoms with van der Waals surface area (Å²) < 4.78 is 1.85. The van der Waals surface area contributed by atoms with Gasteiger partial charge in [-0.3, -0.25) is 14.9 Å². The summed E-state index contributed by atoms with van der Waals surface area (Å²) >= 11 is 0. The Balaban J connectivity index is 1.59. The van der Waals surface area contributed by atoms with E-state index in [4.69, 9.17) is 5.73 Å². The van der Waals surface area contributed by atoms with Crippen LogP contribution < -0.4 is 16.5 Å². The van der Waals surface area contributed by atoms with E-state index in [0.29, 0.717) is 45.9 Å². The van der Waals surface area contributed by atoms with Crippen LogP contribution in [0.3, 0.4) is 0 Å². The van der Waals surface area contributed by atoms with Gasteiger partial charge in [-0.2, -0.15) is 0 Å². The summed E-state index contributed by atoms with van der Waals surface area (Å²) in [4.78, 5) is 43.4. The number of aromatic amines is 1. The van der Waals surface area contributed by atoms with Crippen molar-refractivity contribution in [1.82, 2.24) is 20.3 Å². The minimum Gasteiger partial charge on any atom is -0.508 e. The number of phenolic OH excluding ortho intramolecular Hbond substituents is 2. The molecule has 0 fully saturated rings. The lowest BCUT2D eigenvalue weighted by Crippen LogP contribution is -2.36. The van der Waals surface area contributed by atoms with Gasteiger partial charge in [0, 0.05) is 58.4 Å². The van der Waals surface area contributed by atoms with Crippen LogP contribution in [-0.2, 0) is 16.1 Å². The lowest BCUT2D eigenvalue weighted by molar-refractivity contribution is -0.525. The number of aromatic nitrogens is 2. The molecule has 0 atom stereocenters. The second kappa shape index (κ2) is 9.03. The van der Waals surface area contributed by atoms with Crippen molar-refractivity contribution >= 4 is 50.7 Å². The van der Waals surface area contributed by atoms with E-state index in [2.05, 4.69) is 15.3 Å². The van der Waals surface area contributed by atoms with Crippen LogP contribution in [0.4, 0.5) is 0 Å². The molecule has 0 saturated carbocycles. The monoisotopic (exact) mass is 503 g/mol. The van der Waals surface area contributed by atoms with E-state index >= 15 is 0 Å². The zero-order chi connectivity index (χ0) is 26.3. The van der Waals surface area contributed by atoms with Gasteiger partial charge in [0.05, 0.1) is 11.1 Å². The predicted molar refractivity (Wildman–Crippen MR) is 135 cm³/mol. The first kappa shape index (κ1) is 23.4. The molecule has 1 aliphatic rings. The molecule has 1 aliphatic heterocycles. The molecule has 13 heteroatoms. The molecule has 7 N–H and O–H groups in total. The second-order valence-electron chi connectivity index (χ2n) is 8.39. The Morgan fingerprint density at radius 2 is 1.73 bits per heavy atom. The molecule has 2 aromatic heterocycles. The number of benzene rings is 2. The summed E-state index contributed by atoms with van der Waals surface area (Å²) in [6.45, 7) is 0.612. The highest BCUT2D eigenvalue weighted by Crippen LogP contribution is 2.39. The number of carbonyl (C=O) groups excluding carboxylic acids is 2. The van der Waals surface area contributed by atoms with Crippen molar-refractivity contribution in [2.24, 2.45) is 10.7 Å². The number of nitrogens with zero attached hydrogens (tertiary/aromatic N) is 3. The number of hydrogen-bond acceptors (Lipinski definition) is 7. The van der Waals surface area contributed by atoms with Gasteiger partial charge < -0.3 is 25.5 Å². The van der Waals surface area contributed by atoms with Crippen LogP contribution in [0.5, 0.6) is 11.5 Å². The number of imide groups is 1. The topological polar surface area (TPSA) is 201 Å². The lowest BCUT2D eigenvalue weighted by atomic mass is 9.95. The second-order valence-corrected chi connectivity index (χ2v) is 8.39. The standard InChI is InChI=1S/C24H21N7O6/c25-24(29-31(36)37)26-6-1-7-30-11-17(15-9-13(33)3-5-19(15)30)21-20(22(34)28-23(21)35)16-10-27-18-4-2-12(32)8-14(16)18/h2-5,8-11,27,32-33H,1,6-7H2,(H3,25,26,29)(H,28,34,35). The maximum atomic E-state index is 13.0. The Bertz CT molecular complexity index is 1660. The third-order valence-electron chi connectivity index (χ3n) is 6.04. The molecule has 0 radical (unpaired) electrons. The fourth-order valence-electron chi connectivity index (χ4n) is 4.52. The first-order chi connectivity index (χ1) is 17.7. The molecule has 0 bridgehead atoms.